The molecule has 34 heavy (non-hydrogen) atoms. The highest BCUT2D eigenvalue weighted by Gasteiger charge is 2.28. The molecular weight excluding hydrogens is 452 g/mol. The summed E-state index contributed by atoms with van der Waals surface area (Å²) in [6, 6.07) is 15.5. The Balaban J connectivity index is 1.08. The Morgan fingerprint density at radius 2 is 1.71 bits per heavy atom. The van der Waals surface area contributed by atoms with Crippen molar-refractivity contribution in [2.45, 2.75) is 19.3 Å². The molecule has 2 aliphatic heterocycles. The number of nitrogens with zero attached hydrogens (tertiary/aromatic N) is 4. The van der Waals surface area contributed by atoms with Gasteiger partial charge in [-0.2, -0.15) is 0 Å². The molecule has 0 spiro atoms. The SMILES string of the molecule is O=C(CCc1ncc(-c2ccccc2Cl)o1)N1CCN(CC(=O)N2CCc3ccccc32)CC1. The van der Waals surface area contributed by atoms with E-state index < -0.39 is 0 Å². The Kier molecular flexibility index (Phi) is 6.65. The number of aryl methyl sites for hydroxylation is 1. The maximum atomic E-state index is 12.9. The van der Waals surface area contributed by atoms with Gasteiger partial charge < -0.3 is 14.2 Å². The molecule has 2 aromatic carbocycles. The number of anilines is 1. The van der Waals surface area contributed by atoms with Crippen molar-refractivity contribution in [3.63, 3.8) is 0 Å². The van der Waals surface area contributed by atoms with Gasteiger partial charge in [0.05, 0.1) is 17.8 Å². The third kappa shape index (κ3) is 4.86. The van der Waals surface area contributed by atoms with Gasteiger partial charge in [0.25, 0.3) is 0 Å². The molecule has 1 fully saturated rings. The van der Waals surface area contributed by atoms with E-state index in [1.807, 2.05) is 46.2 Å². The van der Waals surface area contributed by atoms with E-state index in [0.717, 1.165) is 24.2 Å². The standard InChI is InChI=1S/C26H27ClN4O3/c27-21-7-3-2-6-20(21)23-17-28-24(34-23)9-10-25(32)30-15-13-29(14-16-30)18-26(33)31-12-11-19-5-1-4-8-22(19)31/h1-8,17H,9-16,18H2. The molecule has 0 bridgehead atoms. The molecule has 1 saturated heterocycles. The van der Waals surface area contributed by atoms with Crippen LogP contribution in [0.2, 0.25) is 5.02 Å². The number of benzene rings is 2. The lowest BCUT2D eigenvalue weighted by Crippen LogP contribution is -2.51. The molecule has 0 unspecified atom stereocenters. The summed E-state index contributed by atoms with van der Waals surface area (Å²) >= 11 is 6.22. The molecule has 2 amide bonds. The van der Waals surface area contributed by atoms with Crippen LogP contribution in [0.25, 0.3) is 11.3 Å². The summed E-state index contributed by atoms with van der Waals surface area (Å²) in [6.07, 6.45) is 3.34. The second kappa shape index (κ2) is 9.99. The highest BCUT2D eigenvalue weighted by atomic mass is 35.5. The largest absolute Gasteiger partial charge is 0.441 e. The quantitative estimate of drug-likeness (QED) is 0.540. The number of piperazine rings is 1. The van der Waals surface area contributed by atoms with Gasteiger partial charge in [0.15, 0.2) is 11.7 Å². The molecule has 3 aromatic rings. The minimum Gasteiger partial charge on any atom is -0.441 e. The lowest BCUT2D eigenvalue weighted by atomic mass is 10.2. The van der Waals surface area contributed by atoms with Crippen LogP contribution in [-0.4, -0.2) is 65.9 Å². The number of hydrogen-bond donors (Lipinski definition) is 0. The van der Waals surface area contributed by atoms with Crippen molar-refractivity contribution in [3.8, 4) is 11.3 Å². The van der Waals surface area contributed by atoms with Crippen LogP contribution in [0.5, 0.6) is 0 Å². The summed E-state index contributed by atoms with van der Waals surface area (Å²) in [5.41, 5.74) is 3.05. The van der Waals surface area contributed by atoms with Crippen molar-refractivity contribution in [3.05, 3.63) is 71.2 Å². The average molecular weight is 479 g/mol. The fraction of sp³-hybridized carbons (Fsp3) is 0.346. The predicted molar refractivity (Wildman–Crippen MR) is 131 cm³/mol. The number of carbonyl (C=O) groups is 2. The number of rotatable bonds is 6. The Bertz CT molecular complexity index is 1190. The van der Waals surface area contributed by atoms with Gasteiger partial charge in [-0.1, -0.05) is 41.9 Å². The summed E-state index contributed by atoms with van der Waals surface area (Å²) in [7, 11) is 0. The Morgan fingerprint density at radius 3 is 2.53 bits per heavy atom. The van der Waals surface area contributed by atoms with Crippen LogP contribution < -0.4 is 4.90 Å². The van der Waals surface area contributed by atoms with Crippen LogP contribution in [0.3, 0.4) is 0 Å². The average Bonchev–Trinajstić information content (AvgIpc) is 3.51. The van der Waals surface area contributed by atoms with Gasteiger partial charge in [-0.15, -0.1) is 0 Å². The van der Waals surface area contributed by atoms with Crippen LogP contribution in [0, 0.1) is 0 Å². The normalized spacial score (nSPS) is 16.0. The van der Waals surface area contributed by atoms with E-state index in [1.165, 1.54) is 5.56 Å². The summed E-state index contributed by atoms with van der Waals surface area (Å²) in [5, 5.41) is 0.603. The Morgan fingerprint density at radius 1 is 0.941 bits per heavy atom. The van der Waals surface area contributed by atoms with Gasteiger partial charge in [0.2, 0.25) is 11.8 Å². The monoisotopic (exact) mass is 478 g/mol. The van der Waals surface area contributed by atoms with E-state index in [-0.39, 0.29) is 11.8 Å². The van der Waals surface area contributed by atoms with Crippen LogP contribution in [0.1, 0.15) is 17.9 Å². The summed E-state index contributed by atoms with van der Waals surface area (Å²) in [6.45, 7) is 3.77. The van der Waals surface area contributed by atoms with E-state index in [9.17, 15) is 9.59 Å². The zero-order valence-corrected chi connectivity index (χ0v) is 19.7. The lowest BCUT2D eigenvalue weighted by Gasteiger charge is -2.35. The molecule has 176 valence electrons. The maximum absolute atomic E-state index is 12.9. The first-order valence-corrected chi connectivity index (χ1v) is 12.0. The molecule has 0 atom stereocenters. The number of oxazole rings is 1. The van der Waals surface area contributed by atoms with Gasteiger partial charge in [0.1, 0.15) is 0 Å². The number of aromatic nitrogens is 1. The molecule has 0 saturated carbocycles. The van der Waals surface area contributed by atoms with Crippen LogP contribution >= 0.6 is 11.6 Å². The highest BCUT2D eigenvalue weighted by molar-refractivity contribution is 6.33. The van der Waals surface area contributed by atoms with Gasteiger partial charge in [-0.3, -0.25) is 14.5 Å². The van der Waals surface area contributed by atoms with E-state index in [4.69, 9.17) is 16.0 Å². The number of para-hydroxylation sites is 1. The van der Waals surface area contributed by atoms with Crippen molar-refractivity contribution in [1.29, 1.82) is 0 Å². The van der Waals surface area contributed by atoms with E-state index in [0.29, 0.717) is 62.2 Å². The molecule has 7 nitrogen and oxygen atoms in total. The summed E-state index contributed by atoms with van der Waals surface area (Å²) in [4.78, 5) is 35.8. The van der Waals surface area contributed by atoms with Gasteiger partial charge in [0, 0.05) is 56.8 Å². The third-order valence-corrected chi connectivity index (χ3v) is 6.85. The minimum absolute atomic E-state index is 0.0805. The van der Waals surface area contributed by atoms with E-state index in [2.05, 4.69) is 16.0 Å². The van der Waals surface area contributed by atoms with Crippen LogP contribution in [0.15, 0.2) is 59.1 Å². The minimum atomic E-state index is 0.0805. The molecule has 0 N–H and O–H groups in total. The number of amides is 2. The number of carbonyl (C=O) groups excluding carboxylic acids is 2. The van der Waals surface area contributed by atoms with Gasteiger partial charge in [-0.05, 0) is 30.2 Å². The maximum Gasteiger partial charge on any atom is 0.241 e. The smallest absolute Gasteiger partial charge is 0.241 e. The van der Waals surface area contributed by atoms with Crippen LogP contribution in [-0.2, 0) is 22.4 Å². The molecule has 5 rings (SSSR count). The first kappa shape index (κ1) is 22.6. The molecule has 1 aromatic heterocycles. The van der Waals surface area contributed by atoms with Crippen LogP contribution in [0.4, 0.5) is 5.69 Å². The molecule has 3 heterocycles. The lowest BCUT2D eigenvalue weighted by molar-refractivity contribution is -0.133. The van der Waals surface area contributed by atoms with Crippen molar-refractivity contribution < 1.29 is 14.0 Å². The molecule has 0 aliphatic carbocycles. The fourth-order valence-corrected chi connectivity index (χ4v) is 4.84. The second-order valence-electron chi connectivity index (χ2n) is 8.68. The summed E-state index contributed by atoms with van der Waals surface area (Å²) < 4.78 is 5.81. The van der Waals surface area contributed by atoms with E-state index >= 15 is 0 Å². The number of hydrogen-bond acceptors (Lipinski definition) is 5. The highest BCUT2D eigenvalue weighted by Crippen LogP contribution is 2.29. The van der Waals surface area contributed by atoms with Crippen molar-refractivity contribution >= 4 is 29.1 Å². The zero-order chi connectivity index (χ0) is 23.5. The van der Waals surface area contributed by atoms with Crippen molar-refractivity contribution in [2.24, 2.45) is 0 Å². The van der Waals surface area contributed by atoms with Crippen molar-refractivity contribution in [1.82, 2.24) is 14.8 Å². The topological polar surface area (TPSA) is 69.9 Å². The zero-order valence-electron chi connectivity index (χ0n) is 19.0. The second-order valence-corrected chi connectivity index (χ2v) is 9.09. The Hall–Kier alpha value is -3.16. The molecular formula is C26H27ClN4O3. The molecule has 0 radical (unpaired) electrons. The predicted octanol–water partition coefficient (Wildman–Crippen LogP) is 3.66. The Labute approximate surface area is 203 Å². The first-order chi connectivity index (χ1) is 16.6. The van der Waals surface area contributed by atoms with E-state index in [1.54, 1.807) is 12.3 Å². The first-order valence-electron chi connectivity index (χ1n) is 11.7. The number of fused-ring (bicyclic) bond motifs is 1. The molecule has 2 aliphatic rings. The third-order valence-electron chi connectivity index (χ3n) is 6.52. The number of halogens is 1. The molecule has 8 heteroatoms. The fourth-order valence-electron chi connectivity index (χ4n) is 4.61. The van der Waals surface area contributed by atoms with Crippen molar-refractivity contribution in [2.75, 3.05) is 44.2 Å². The van der Waals surface area contributed by atoms with Gasteiger partial charge in [-0.25, -0.2) is 4.98 Å². The summed E-state index contributed by atoms with van der Waals surface area (Å²) in [5.74, 6) is 1.34. The van der Waals surface area contributed by atoms with Gasteiger partial charge >= 0.3 is 0 Å².